The monoisotopic (exact) mass is 250 g/mol. The first kappa shape index (κ1) is 12.0. The third-order valence-corrected chi connectivity index (χ3v) is 3.25. The molecule has 1 atom stereocenters. The number of hydrogen-bond acceptors (Lipinski definition) is 4. The van der Waals surface area contributed by atoms with Gasteiger partial charge in [0, 0.05) is 12.4 Å². The topological polar surface area (TPSA) is 46.0 Å². The van der Waals surface area contributed by atoms with Crippen LogP contribution in [0.2, 0.25) is 0 Å². The molecular formula is C12H11FN2OS. The molecular weight excluding hydrogens is 239 g/mol. The predicted octanol–water partition coefficient (Wildman–Crippen LogP) is 2.82. The number of rotatable bonds is 3. The second-order valence-electron chi connectivity index (χ2n) is 3.48. The number of hydrogen-bond donors (Lipinski definition) is 1. The Morgan fingerprint density at radius 3 is 2.82 bits per heavy atom. The van der Waals surface area contributed by atoms with Crippen molar-refractivity contribution in [3.05, 3.63) is 48.2 Å². The SMILES string of the molecule is C[C@H](O)c1cccc(F)c1Sc1cnccn1. The molecule has 0 saturated carbocycles. The van der Waals surface area contributed by atoms with Gasteiger partial charge in [-0.3, -0.25) is 4.98 Å². The summed E-state index contributed by atoms with van der Waals surface area (Å²) in [6.45, 7) is 1.61. The lowest BCUT2D eigenvalue weighted by Crippen LogP contribution is -1.97. The molecule has 0 spiro atoms. The Hall–Kier alpha value is -1.46. The Morgan fingerprint density at radius 1 is 1.35 bits per heavy atom. The van der Waals surface area contributed by atoms with E-state index in [0.717, 1.165) is 11.8 Å². The van der Waals surface area contributed by atoms with Crippen LogP contribution < -0.4 is 0 Å². The van der Waals surface area contributed by atoms with Crippen molar-refractivity contribution in [2.75, 3.05) is 0 Å². The lowest BCUT2D eigenvalue weighted by Gasteiger charge is -2.11. The molecule has 0 aliphatic carbocycles. The van der Waals surface area contributed by atoms with Crippen molar-refractivity contribution < 1.29 is 9.50 Å². The van der Waals surface area contributed by atoms with Gasteiger partial charge in [-0.25, -0.2) is 9.37 Å². The van der Waals surface area contributed by atoms with E-state index < -0.39 is 6.10 Å². The summed E-state index contributed by atoms with van der Waals surface area (Å²) in [5.41, 5.74) is 0.556. The molecule has 0 fully saturated rings. The number of aliphatic hydroxyl groups is 1. The van der Waals surface area contributed by atoms with Gasteiger partial charge in [0.2, 0.25) is 0 Å². The molecule has 0 bridgehead atoms. The molecule has 1 aromatic heterocycles. The minimum atomic E-state index is -0.718. The lowest BCUT2D eigenvalue weighted by molar-refractivity contribution is 0.195. The molecule has 3 nitrogen and oxygen atoms in total. The summed E-state index contributed by atoms with van der Waals surface area (Å²) in [6.07, 6.45) is 3.94. The zero-order chi connectivity index (χ0) is 12.3. The Morgan fingerprint density at radius 2 is 2.18 bits per heavy atom. The van der Waals surface area contributed by atoms with Crippen molar-refractivity contribution >= 4 is 11.8 Å². The molecule has 2 aromatic rings. The van der Waals surface area contributed by atoms with Gasteiger partial charge in [0.25, 0.3) is 0 Å². The van der Waals surface area contributed by atoms with Gasteiger partial charge in [0.1, 0.15) is 10.8 Å². The fourth-order valence-electron chi connectivity index (χ4n) is 1.40. The molecule has 1 heterocycles. The normalized spacial score (nSPS) is 12.4. The summed E-state index contributed by atoms with van der Waals surface area (Å²) in [5, 5.41) is 10.2. The number of aliphatic hydroxyl groups excluding tert-OH is 1. The van der Waals surface area contributed by atoms with Gasteiger partial charge >= 0.3 is 0 Å². The number of aromatic nitrogens is 2. The quantitative estimate of drug-likeness (QED) is 0.909. The van der Waals surface area contributed by atoms with Gasteiger partial charge < -0.3 is 5.11 Å². The third-order valence-electron chi connectivity index (χ3n) is 2.19. The third kappa shape index (κ3) is 2.81. The average molecular weight is 250 g/mol. The molecule has 0 saturated heterocycles. The average Bonchev–Trinajstić information content (AvgIpc) is 2.33. The van der Waals surface area contributed by atoms with Crippen molar-refractivity contribution in [3.63, 3.8) is 0 Å². The van der Waals surface area contributed by atoms with E-state index in [-0.39, 0.29) is 5.82 Å². The lowest BCUT2D eigenvalue weighted by atomic mass is 10.1. The summed E-state index contributed by atoms with van der Waals surface area (Å²) in [4.78, 5) is 8.38. The Labute approximate surface area is 103 Å². The first-order valence-corrected chi connectivity index (χ1v) is 5.90. The van der Waals surface area contributed by atoms with E-state index in [1.165, 1.54) is 6.07 Å². The number of benzene rings is 1. The van der Waals surface area contributed by atoms with E-state index >= 15 is 0 Å². The van der Waals surface area contributed by atoms with Crippen molar-refractivity contribution in [2.45, 2.75) is 22.9 Å². The highest BCUT2D eigenvalue weighted by Gasteiger charge is 2.14. The molecule has 5 heteroatoms. The van der Waals surface area contributed by atoms with Gasteiger partial charge in [-0.15, -0.1) is 0 Å². The smallest absolute Gasteiger partial charge is 0.137 e. The number of nitrogens with zero attached hydrogens (tertiary/aromatic N) is 2. The van der Waals surface area contributed by atoms with Gasteiger partial charge in [0.05, 0.1) is 17.2 Å². The maximum atomic E-state index is 13.7. The van der Waals surface area contributed by atoms with E-state index in [4.69, 9.17) is 0 Å². The van der Waals surface area contributed by atoms with Crippen LogP contribution in [0.5, 0.6) is 0 Å². The van der Waals surface area contributed by atoms with Crippen molar-refractivity contribution in [1.82, 2.24) is 9.97 Å². The molecule has 17 heavy (non-hydrogen) atoms. The highest BCUT2D eigenvalue weighted by molar-refractivity contribution is 7.99. The fourth-order valence-corrected chi connectivity index (χ4v) is 2.36. The zero-order valence-electron chi connectivity index (χ0n) is 9.17. The molecule has 88 valence electrons. The number of halogens is 1. The largest absolute Gasteiger partial charge is 0.389 e. The van der Waals surface area contributed by atoms with Crippen LogP contribution in [0.15, 0.2) is 46.7 Å². The first-order valence-electron chi connectivity index (χ1n) is 5.09. The van der Waals surface area contributed by atoms with Gasteiger partial charge in [-0.05, 0) is 18.6 Å². The minimum Gasteiger partial charge on any atom is -0.389 e. The van der Waals surface area contributed by atoms with Crippen LogP contribution >= 0.6 is 11.8 Å². The second-order valence-corrected chi connectivity index (χ2v) is 4.51. The first-order chi connectivity index (χ1) is 8.18. The molecule has 1 N–H and O–H groups in total. The predicted molar refractivity (Wildman–Crippen MR) is 63.2 cm³/mol. The molecule has 0 aliphatic heterocycles. The van der Waals surface area contributed by atoms with Crippen molar-refractivity contribution in [2.24, 2.45) is 0 Å². The van der Waals surface area contributed by atoms with Gasteiger partial charge in [0.15, 0.2) is 0 Å². The van der Waals surface area contributed by atoms with Crippen LogP contribution in [0.1, 0.15) is 18.6 Å². The molecule has 2 rings (SSSR count). The zero-order valence-corrected chi connectivity index (χ0v) is 9.99. The van der Waals surface area contributed by atoms with Crippen LogP contribution in [0.25, 0.3) is 0 Å². The highest BCUT2D eigenvalue weighted by Crippen LogP contribution is 2.33. The molecule has 0 radical (unpaired) electrons. The standard InChI is InChI=1S/C12H11FN2OS/c1-8(16)9-3-2-4-10(13)12(9)17-11-7-14-5-6-15-11/h2-8,16H,1H3/t8-/m0/s1. The van der Waals surface area contributed by atoms with Crippen molar-refractivity contribution in [1.29, 1.82) is 0 Å². The Kier molecular flexibility index (Phi) is 3.71. The van der Waals surface area contributed by atoms with Crippen LogP contribution in [-0.2, 0) is 0 Å². The van der Waals surface area contributed by atoms with Crippen LogP contribution in [0.4, 0.5) is 4.39 Å². The summed E-state index contributed by atoms with van der Waals surface area (Å²) in [6, 6.07) is 4.65. The van der Waals surface area contributed by atoms with Crippen LogP contribution in [0, 0.1) is 5.82 Å². The van der Waals surface area contributed by atoms with E-state index in [2.05, 4.69) is 9.97 Å². The molecule has 0 unspecified atom stereocenters. The van der Waals surface area contributed by atoms with Gasteiger partial charge in [-0.2, -0.15) is 0 Å². The molecule has 0 amide bonds. The van der Waals surface area contributed by atoms with Crippen LogP contribution in [0.3, 0.4) is 0 Å². The van der Waals surface area contributed by atoms with Gasteiger partial charge in [-0.1, -0.05) is 23.9 Å². The summed E-state index contributed by atoms with van der Waals surface area (Å²) < 4.78 is 13.7. The Balaban J connectivity index is 2.38. The van der Waals surface area contributed by atoms with Crippen molar-refractivity contribution in [3.8, 4) is 0 Å². The second kappa shape index (κ2) is 5.25. The molecule has 1 aromatic carbocycles. The maximum absolute atomic E-state index is 13.7. The van der Waals surface area contributed by atoms with E-state index in [1.807, 2.05) is 0 Å². The molecule has 0 aliphatic rings. The fraction of sp³-hybridized carbons (Fsp3) is 0.167. The van der Waals surface area contributed by atoms with E-state index in [9.17, 15) is 9.50 Å². The maximum Gasteiger partial charge on any atom is 0.137 e. The van der Waals surface area contributed by atoms with E-state index in [0.29, 0.717) is 15.5 Å². The van der Waals surface area contributed by atoms with Crippen LogP contribution in [-0.4, -0.2) is 15.1 Å². The Bertz CT molecular complexity index is 505. The summed E-state index contributed by atoms with van der Waals surface area (Å²) >= 11 is 1.16. The highest BCUT2D eigenvalue weighted by atomic mass is 32.2. The summed E-state index contributed by atoms with van der Waals surface area (Å²) in [5.74, 6) is -0.362. The summed E-state index contributed by atoms with van der Waals surface area (Å²) in [7, 11) is 0. The van der Waals surface area contributed by atoms with E-state index in [1.54, 1.807) is 37.6 Å². The minimum absolute atomic E-state index is 0.362.